The van der Waals surface area contributed by atoms with Crippen molar-refractivity contribution in [1.29, 1.82) is 0 Å². The summed E-state index contributed by atoms with van der Waals surface area (Å²) in [4.78, 5) is 11.4. The van der Waals surface area contributed by atoms with E-state index >= 15 is 0 Å². The Morgan fingerprint density at radius 1 is 1.38 bits per heavy atom. The maximum Gasteiger partial charge on any atom is 0.326 e. The van der Waals surface area contributed by atoms with Crippen molar-refractivity contribution in [2.75, 3.05) is 20.3 Å². The highest BCUT2D eigenvalue weighted by Crippen LogP contribution is 2.08. The van der Waals surface area contributed by atoms with Crippen LogP contribution in [-0.2, 0) is 9.53 Å². The molecule has 0 saturated heterocycles. The number of nitrogens with one attached hydrogen (secondary N) is 1. The van der Waals surface area contributed by atoms with E-state index in [0.717, 1.165) is 5.75 Å². The van der Waals surface area contributed by atoms with Gasteiger partial charge in [0.15, 0.2) is 0 Å². The van der Waals surface area contributed by atoms with Crippen molar-refractivity contribution < 1.29 is 14.3 Å². The molecule has 16 heavy (non-hydrogen) atoms. The van der Waals surface area contributed by atoms with Gasteiger partial charge in [0.2, 0.25) is 0 Å². The number of para-hydroxylation sites is 1. The maximum absolute atomic E-state index is 11.4. The predicted octanol–water partition coefficient (Wildman–Crippen LogP) is 1.22. The number of ether oxygens (including phenoxy) is 2. The minimum atomic E-state index is -0.430. The third kappa shape index (κ3) is 3.90. The first-order valence-electron chi connectivity index (χ1n) is 5.29. The topological polar surface area (TPSA) is 47.6 Å². The van der Waals surface area contributed by atoms with Crippen LogP contribution in [0.5, 0.6) is 5.75 Å². The number of benzene rings is 1. The van der Waals surface area contributed by atoms with Gasteiger partial charge in [0.25, 0.3) is 0 Å². The van der Waals surface area contributed by atoms with Crippen LogP contribution in [-0.4, -0.2) is 32.3 Å². The van der Waals surface area contributed by atoms with Gasteiger partial charge in [-0.25, -0.2) is 0 Å². The summed E-state index contributed by atoms with van der Waals surface area (Å²) in [5.41, 5.74) is 0. The van der Waals surface area contributed by atoms with Gasteiger partial charge < -0.3 is 14.8 Å². The van der Waals surface area contributed by atoms with Crippen molar-refractivity contribution in [3.05, 3.63) is 30.3 Å². The number of esters is 1. The Morgan fingerprint density at radius 3 is 2.62 bits per heavy atom. The highest BCUT2D eigenvalue weighted by atomic mass is 16.5. The van der Waals surface area contributed by atoms with Gasteiger partial charge in [-0.2, -0.15) is 0 Å². The zero-order chi connectivity index (χ0) is 11.8. The van der Waals surface area contributed by atoms with Crippen LogP contribution >= 0.6 is 0 Å². The first-order chi connectivity index (χ1) is 7.77. The maximum atomic E-state index is 11.4. The average Bonchev–Trinajstić information content (AvgIpc) is 2.31. The molecule has 1 rings (SSSR count). The van der Waals surface area contributed by atoms with Gasteiger partial charge in [-0.1, -0.05) is 18.2 Å². The van der Waals surface area contributed by atoms with Gasteiger partial charge in [0.1, 0.15) is 18.4 Å². The Bertz CT molecular complexity index is 313. The molecule has 4 heteroatoms. The number of carbonyl (C=O) groups is 1. The quantitative estimate of drug-likeness (QED) is 0.736. The Kier molecular flexibility index (Phi) is 5.36. The van der Waals surface area contributed by atoms with Crippen molar-refractivity contribution in [2.24, 2.45) is 0 Å². The summed E-state index contributed by atoms with van der Waals surface area (Å²) < 4.78 is 10.4. The molecule has 1 N–H and O–H groups in total. The number of rotatable bonds is 6. The summed E-state index contributed by atoms with van der Waals surface area (Å²) in [6, 6.07) is 8.94. The third-order valence-corrected chi connectivity index (χ3v) is 2.08. The molecule has 1 aromatic rings. The molecular formula is C12H17NO3. The second kappa shape index (κ2) is 6.85. The largest absolute Gasteiger partial charge is 0.491 e. The number of hydrogen-bond donors (Lipinski definition) is 1. The monoisotopic (exact) mass is 223 g/mol. The Labute approximate surface area is 95.6 Å². The van der Waals surface area contributed by atoms with E-state index in [-0.39, 0.29) is 12.6 Å². The Balaban J connectivity index is 2.43. The molecule has 0 aromatic heterocycles. The lowest BCUT2D eigenvalue weighted by atomic mass is 10.3. The molecule has 0 aliphatic rings. The highest BCUT2D eigenvalue weighted by Gasteiger charge is 2.17. The van der Waals surface area contributed by atoms with E-state index in [0.29, 0.717) is 6.61 Å². The third-order valence-electron chi connectivity index (χ3n) is 2.08. The molecule has 1 atom stereocenters. The number of hydrogen-bond acceptors (Lipinski definition) is 4. The summed E-state index contributed by atoms with van der Waals surface area (Å²) in [6.45, 7) is 2.42. The minimum Gasteiger partial charge on any atom is -0.491 e. The molecule has 1 unspecified atom stereocenters. The second-order valence-corrected chi connectivity index (χ2v) is 3.22. The van der Waals surface area contributed by atoms with Crippen LogP contribution in [0.3, 0.4) is 0 Å². The lowest BCUT2D eigenvalue weighted by Gasteiger charge is -2.15. The molecule has 1 aromatic carbocycles. The molecule has 0 amide bonds. The average molecular weight is 223 g/mol. The van der Waals surface area contributed by atoms with Gasteiger partial charge in [0.05, 0.1) is 6.61 Å². The van der Waals surface area contributed by atoms with Gasteiger partial charge >= 0.3 is 5.97 Å². The lowest BCUT2D eigenvalue weighted by Crippen LogP contribution is -2.40. The van der Waals surface area contributed by atoms with E-state index < -0.39 is 6.04 Å². The van der Waals surface area contributed by atoms with Crippen LogP contribution in [0.2, 0.25) is 0 Å². The number of likely N-dealkylation sites (N-methyl/N-ethyl adjacent to an activating group) is 1. The predicted molar refractivity (Wildman–Crippen MR) is 61.4 cm³/mol. The van der Waals surface area contributed by atoms with E-state index in [1.54, 1.807) is 14.0 Å². The number of carbonyl (C=O) groups excluding carboxylic acids is 1. The zero-order valence-electron chi connectivity index (χ0n) is 9.60. The molecule has 0 heterocycles. The molecule has 0 fully saturated rings. The minimum absolute atomic E-state index is 0.263. The molecule has 88 valence electrons. The van der Waals surface area contributed by atoms with Crippen LogP contribution in [0.15, 0.2) is 30.3 Å². The standard InChI is InChI=1S/C12H17NO3/c1-3-15-12(14)11(13-2)9-16-10-7-5-4-6-8-10/h4-8,11,13H,3,9H2,1-2H3. The molecule has 0 bridgehead atoms. The Hall–Kier alpha value is -1.55. The van der Waals surface area contributed by atoms with E-state index in [9.17, 15) is 4.79 Å². The van der Waals surface area contributed by atoms with Crippen LogP contribution < -0.4 is 10.1 Å². The molecule has 4 nitrogen and oxygen atoms in total. The fraction of sp³-hybridized carbons (Fsp3) is 0.417. The molecule has 0 radical (unpaired) electrons. The molecule has 0 saturated carbocycles. The SMILES string of the molecule is CCOC(=O)C(COc1ccccc1)NC. The molecule has 0 aliphatic heterocycles. The first kappa shape index (κ1) is 12.5. The summed E-state index contributed by atoms with van der Waals surface area (Å²) in [5, 5.41) is 2.86. The van der Waals surface area contributed by atoms with Gasteiger partial charge in [-0.15, -0.1) is 0 Å². The van der Waals surface area contributed by atoms with Crippen LogP contribution in [0.4, 0.5) is 0 Å². The highest BCUT2D eigenvalue weighted by molar-refractivity contribution is 5.75. The fourth-order valence-electron chi connectivity index (χ4n) is 1.21. The van der Waals surface area contributed by atoms with Crippen molar-refractivity contribution >= 4 is 5.97 Å². The molecule has 0 spiro atoms. The van der Waals surface area contributed by atoms with Crippen molar-refractivity contribution in [1.82, 2.24) is 5.32 Å². The first-order valence-corrected chi connectivity index (χ1v) is 5.29. The van der Waals surface area contributed by atoms with E-state index in [1.807, 2.05) is 30.3 Å². The summed E-state index contributed by atoms with van der Waals surface area (Å²) in [6.07, 6.45) is 0. The molecule has 0 aliphatic carbocycles. The van der Waals surface area contributed by atoms with E-state index in [2.05, 4.69) is 5.32 Å². The van der Waals surface area contributed by atoms with Gasteiger partial charge in [-0.05, 0) is 26.1 Å². The second-order valence-electron chi connectivity index (χ2n) is 3.22. The van der Waals surface area contributed by atoms with Gasteiger partial charge in [-0.3, -0.25) is 4.79 Å². The summed E-state index contributed by atoms with van der Waals surface area (Å²) in [7, 11) is 1.70. The summed E-state index contributed by atoms with van der Waals surface area (Å²) >= 11 is 0. The smallest absolute Gasteiger partial charge is 0.326 e. The Morgan fingerprint density at radius 2 is 2.06 bits per heavy atom. The zero-order valence-corrected chi connectivity index (χ0v) is 9.60. The van der Waals surface area contributed by atoms with Crippen LogP contribution in [0, 0.1) is 0 Å². The normalized spacial score (nSPS) is 11.9. The van der Waals surface area contributed by atoms with E-state index in [4.69, 9.17) is 9.47 Å². The van der Waals surface area contributed by atoms with Gasteiger partial charge in [0, 0.05) is 0 Å². The van der Waals surface area contributed by atoms with E-state index in [1.165, 1.54) is 0 Å². The van der Waals surface area contributed by atoms with Crippen molar-refractivity contribution in [3.8, 4) is 5.75 Å². The summed E-state index contributed by atoms with van der Waals surface area (Å²) in [5.74, 6) is 0.452. The fourth-order valence-corrected chi connectivity index (χ4v) is 1.21. The lowest BCUT2D eigenvalue weighted by molar-refractivity contribution is -0.146. The van der Waals surface area contributed by atoms with Crippen molar-refractivity contribution in [3.63, 3.8) is 0 Å². The van der Waals surface area contributed by atoms with Crippen LogP contribution in [0.1, 0.15) is 6.92 Å². The van der Waals surface area contributed by atoms with Crippen LogP contribution in [0.25, 0.3) is 0 Å². The van der Waals surface area contributed by atoms with Crippen molar-refractivity contribution in [2.45, 2.75) is 13.0 Å². The molecular weight excluding hydrogens is 206 g/mol.